The lowest BCUT2D eigenvalue weighted by molar-refractivity contribution is -0.123. The molecule has 43 heavy (non-hydrogen) atoms. The summed E-state index contributed by atoms with van der Waals surface area (Å²) in [5.41, 5.74) is 2.19. The topological polar surface area (TPSA) is 91.3 Å². The van der Waals surface area contributed by atoms with Crippen molar-refractivity contribution >= 4 is 51.1 Å². The molecule has 1 N–H and O–H groups in total. The lowest BCUT2D eigenvalue weighted by atomic mass is 9.93. The number of aliphatic imine (C=N–C) groups is 1. The molecule has 3 aromatic rings. The van der Waals surface area contributed by atoms with Gasteiger partial charge in [-0.15, -0.1) is 0 Å². The minimum Gasteiger partial charge on any atom is -0.487 e. The van der Waals surface area contributed by atoms with Crippen LogP contribution in [0.15, 0.2) is 76.2 Å². The Labute approximate surface area is 265 Å². The number of piperazine rings is 1. The SMILES string of the molecule is CCC(=O)c1ccc(C2=NC(c3cccc(Cl)c3)C(c3ccc(Br)cc3)N2C(=O)N2CCNC(=O)C2)c(OC(C)(C)C)c1. The van der Waals surface area contributed by atoms with Gasteiger partial charge in [0.15, 0.2) is 5.78 Å². The Morgan fingerprint density at radius 3 is 2.47 bits per heavy atom. The van der Waals surface area contributed by atoms with Crippen LogP contribution in [0.3, 0.4) is 0 Å². The standard InChI is InChI=1S/C33H34BrClN4O4/c1-5-26(40)21-11-14-25(27(18-21)43-33(2,3)4)31-37-29(22-7-6-8-24(35)17-22)30(20-9-12-23(34)13-10-20)39(31)32(42)38-16-15-36-28(41)19-38/h6-14,17-18,29-30H,5,15-16,19H2,1-4H3,(H,36,41). The molecule has 3 amide bonds. The highest BCUT2D eigenvalue weighted by Crippen LogP contribution is 2.46. The summed E-state index contributed by atoms with van der Waals surface area (Å²) in [6, 6.07) is 19.1. The molecule has 8 nitrogen and oxygen atoms in total. The van der Waals surface area contributed by atoms with Crippen LogP contribution in [0, 0.1) is 0 Å². The van der Waals surface area contributed by atoms with Crippen LogP contribution in [-0.4, -0.2) is 58.6 Å². The zero-order chi connectivity index (χ0) is 30.9. The van der Waals surface area contributed by atoms with E-state index in [1.807, 2.05) is 70.2 Å². The van der Waals surface area contributed by atoms with Crippen molar-refractivity contribution in [2.45, 2.75) is 51.8 Å². The molecule has 0 saturated carbocycles. The van der Waals surface area contributed by atoms with Gasteiger partial charge in [-0.05, 0) is 68.3 Å². The minimum absolute atomic E-state index is 0.0181. The van der Waals surface area contributed by atoms with Gasteiger partial charge in [0.1, 0.15) is 29.8 Å². The predicted octanol–water partition coefficient (Wildman–Crippen LogP) is 6.97. The van der Waals surface area contributed by atoms with Crippen LogP contribution in [0.5, 0.6) is 5.75 Å². The first-order valence-electron chi connectivity index (χ1n) is 14.3. The van der Waals surface area contributed by atoms with E-state index < -0.39 is 17.7 Å². The van der Waals surface area contributed by atoms with Crippen molar-refractivity contribution in [3.63, 3.8) is 0 Å². The first kappa shape index (κ1) is 30.8. The molecular weight excluding hydrogens is 632 g/mol. The highest BCUT2D eigenvalue weighted by Gasteiger charge is 2.45. The number of amides is 3. The van der Waals surface area contributed by atoms with E-state index in [0.29, 0.717) is 47.2 Å². The largest absolute Gasteiger partial charge is 0.487 e. The van der Waals surface area contributed by atoms with Crippen LogP contribution >= 0.6 is 27.5 Å². The van der Waals surface area contributed by atoms with Gasteiger partial charge in [0, 0.05) is 34.6 Å². The second kappa shape index (κ2) is 12.5. The van der Waals surface area contributed by atoms with Gasteiger partial charge in [-0.1, -0.05) is 64.8 Å². The quantitative estimate of drug-likeness (QED) is 0.288. The van der Waals surface area contributed by atoms with Crippen molar-refractivity contribution < 1.29 is 19.1 Å². The zero-order valence-corrected chi connectivity index (χ0v) is 26.9. The number of amidine groups is 1. The van der Waals surface area contributed by atoms with Gasteiger partial charge in [0.25, 0.3) is 0 Å². The normalized spacial score (nSPS) is 18.7. The molecule has 0 radical (unpaired) electrons. The Morgan fingerprint density at radius 2 is 1.81 bits per heavy atom. The number of ketones is 1. The number of rotatable bonds is 6. The van der Waals surface area contributed by atoms with Crippen molar-refractivity contribution in [2.75, 3.05) is 19.6 Å². The molecule has 0 aliphatic carbocycles. The fourth-order valence-electron chi connectivity index (χ4n) is 5.34. The molecular formula is C33H34BrClN4O4. The third kappa shape index (κ3) is 6.78. The van der Waals surface area contributed by atoms with Crippen LogP contribution in [0.2, 0.25) is 5.02 Å². The highest BCUT2D eigenvalue weighted by molar-refractivity contribution is 9.10. The number of carbonyl (C=O) groups is 3. The van der Waals surface area contributed by atoms with Gasteiger partial charge in [-0.25, -0.2) is 4.79 Å². The fourth-order valence-corrected chi connectivity index (χ4v) is 5.80. The number of carbonyl (C=O) groups excluding carboxylic acids is 3. The predicted molar refractivity (Wildman–Crippen MR) is 171 cm³/mol. The maximum Gasteiger partial charge on any atom is 0.326 e. The number of benzene rings is 3. The van der Waals surface area contributed by atoms with Crippen LogP contribution in [0.25, 0.3) is 0 Å². The van der Waals surface area contributed by atoms with E-state index in [1.165, 1.54) is 0 Å². The van der Waals surface area contributed by atoms with Gasteiger partial charge >= 0.3 is 6.03 Å². The number of ether oxygens (including phenoxy) is 1. The molecule has 1 saturated heterocycles. The van der Waals surface area contributed by atoms with Crippen molar-refractivity contribution in [1.82, 2.24) is 15.1 Å². The van der Waals surface area contributed by atoms with Gasteiger partial charge in [0.2, 0.25) is 5.91 Å². The summed E-state index contributed by atoms with van der Waals surface area (Å²) in [7, 11) is 0. The van der Waals surface area contributed by atoms with Crippen molar-refractivity contribution in [3.05, 3.63) is 98.5 Å². The molecule has 0 spiro atoms. The summed E-state index contributed by atoms with van der Waals surface area (Å²) < 4.78 is 7.31. The highest BCUT2D eigenvalue weighted by atomic mass is 79.9. The molecule has 0 bridgehead atoms. The lowest BCUT2D eigenvalue weighted by Gasteiger charge is -2.36. The van der Waals surface area contributed by atoms with Gasteiger partial charge < -0.3 is 15.0 Å². The van der Waals surface area contributed by atoms with Gasteiger partial charge in [0.05, 0.1) is 11.6 Å². The van der Waals surface area contributed by atoms with Crippen LogP contribution in [0.1, 0.15) is 73.2 Å². The Balaban J connectivity index is 1.74. The van der Waals surface area contributed by atoms with E-state index in [-0.39, 0.29) is 24.3 Å². The maximum atomic E-state index is 14.5. The monoisotopic (exact) mass is 664 g/mol. The summed E-state index contributed by atoms with van der Waals surface area (Å²) in [4.78, 5) is 48.0. The number of urea groups is 1. The molecule has 2 aliphatic rings. The zero-order valence-electron chi connectivity index (χ0n) is 24.6. The van der Waals surface area contributed by atoms with E-state index in [0.717, 1.165) is 15.6 Å². The molecule has 2 atom stereocenters. The van der Waals surface area contributed by atoms with Gasteiger partial charge in [-0.3, -0.25) is 19.5 Å². The van der Waals surface area contributed by atoms with Crippen molar-refractivity contribution in [3.8, 4) is 5.75 Å². The smallest absolute Gasteiger partial charge is 0.326 e. The van der Waals surface area contributed by atoms with E-state index in [2.05, 4.69) is 21.2 Å². The fraction of sp³-hybridized carbons (Fsp3) is 0.333. The molecule has 10 heteroatoms. The number of hydrogen-bond acceptors (Lipinski definition) is 5. The van der Waals surface area contributed by atoms with Crippen molar-refractivity contribution in [2.24, 2.45) is 4.99 Å². The first-order chi connectivity index (χ1) is 20.4. The summed E-state index contributed by atoms with van der Waals surface area (Å²) in [5, 5.41) is 3.35. The Hall–Kier alpha value is -3.69. The summed E-state index contributed by atoms with van der Waals surface area (Å²) in [5.74, 6) is 0.600. The Morgan fingerprint density at radius 1 is 1.07 bits per heavy atom. The van der Waals surface area contributed by atoms with Crippen molar-refractivity contribution in [1.29, 1.82) is 0 Å². The van der Waals surface area contributed by atoms with Gasteiger partial charge in [-0.2, -0.15) is 0 Å². The molecule has 224 valence electrons. The number of halogens is 2. The maximum absolute atomic E-state index is 14.5. The van der Waals surface area contributed by atoms with E-state index >= 15 is 0 Å². The van der Waals surface area contributed by atoms with E-state index in [4.69, 9.17) is 21.3 Å². The average molecular weight is 666 g/mol. The number of nitrogens with zero attached hydrogens (tertiary/aromatic N) is 3. The minimum atomic E-state index is -0.598. The second-order valence-corrected chi connectivity index (χ2v) is 12.9. The summed E-state index contributed by atoms with van der Waals surface area (Å²) >= 11 is 9.97. The van der Waals surface area contributed by atoms with E-state index in [1.54, 1.807) is 34.1 Å². The molecule has 2 unspecified atom stereocenters. The average Bonchev–Trinajstić information content (AvgIpc) is 3.36. The number of hydrogen-bond donors (Lipinski definition) is 1. The molecule has 2 aliphatic heterocycles. The molecule has 3 aromatic carbocycles. The third-order valence-electron chi connectivity index (χ3n) is 7.27. The van der Waals surface area contributed by atoms with Crippen LogP contribution in [-0.2, 0) is 4.79 Å². The third-order valence-corrected chi connectivity index (χ3v) is 8.03. The Kier molecular flexibility index (Phi) is 8.94. The summed E-state index contributed by atoms with van der Waals surface area (Å²) in [6.45, 7) is 8.25. The molecule has 5 rings (SSSR count). The van der Waals surface area contributed by atoms with E-state index in [9.17, 15) is 14.4 Å². The molecule has 2 heterocycles. The number of nitrogens with one attached hydrogen (secondary N) is 1. The summed E-state index contributed by atoms with van der Waals surface area (Å²) in [6.07, 6.45) is 0.347. The molecule has 1 fully saturated rings. The first-order valence-corrected chi connectivity index (χ1v) is 15.4. The van der Waals surface area contributed by atoms with Crippen LogP contribution < -0.4 is 10.1 Å². The second-order valence-electron chi connectivity index (χ2n) is 11.6. The number of Topliss-reactive ketones (excluding diaryl/α,β-unsaturated/α-hetero) is 1. The van der Waals surface area contributed by atoms with Crippen LogP contribution in [0.4, 0.5) is 4.79 Å². The Bertz CT molecular complexity index is 1580. The molecule has 0 aromatic heterocycles. The lowest BCUT2D eigenvalue weighted by Crippen LogP contribution is -2.55.